The zero-order valence-corrected chi connectivity index (χ0v) is 4.94. The summed E-state index contributed by atoms with van der Waals surface area (Å²) in [6.45, 7) is 0. The average Bonchev–Trinajstić information content (AvgIpc) is 1.50. The first-order chi connectivity index (χ1) is 2.00. The van der Waals surface area contributed by atoms with Gasteiger partial charge in [0.1, 0.15) is 0 Å². The first-order valence-corrected chi connectivity index (χ1v) is 0.408. The number of hydrogen-bond donors (Lipinski definition) is 3. The second-order valence-electron chi connectivity index (χ2n) is 0. The van der Waals surface area contributed by atoms with E-state index in [1.165, 1.54) is 0 Å². The van der Waals surface area contributed by atoms with Gasteiger partial charge in [0.25, 0.3) is 0 Å². The standard InChI is InChI=1S/Mo.2HNO.H3N/c;2*1-2;/h;2*1H;1H3. The molecule has 0 bridgehead atoms. The van der Waals surface area contributed by atoms with Crippen molar-refractivity contribution < 1.29 is 21.1 Å². The van der Waals surface area contributed by atoms with E-state index in [1.54, 1.807) is 0 Å². The van der Waals surface area contributed by atoms with E-state index in [1.807, 2.05) is 0 Å². The molecule has 0 saturated heterocycles. The molecule has 0 unspecified atom stereocenters. The van der Waals surface area contributed by atoms with Crippen molar-refractivity contribution >= 4 is 0 Å². The Labute approximate surface area is 48.9 Å². The molecular weight excluding hydrogens is 170 g/mol. The van der Waals surface area contributed by atoms with Crippen LogP contribution in [0, 0.1) is 21.0 Å². The predicted molar refractivity (Wildman–Crippen MR) is 17.2 cm³/mol. The van der Waals surface area contributed by atoms with E-state index in [0.717, 1.165) is 0 Å². The summed E-state index contributed by atoms with van der Waals surface area (Å²) in [6, 6.07) is 0. The number of rotatable bonds is 0. The van der Waals surface area contributed by atoms with Crippen LogP contribution in [0.3, 0.4) is 0 Å². The summed E-state index contributed by atoms with van der Waals surface area (Å²) < 4.78 is 0. The number of nitroso groups, excluding NO2 is 2. The van der Waals surface area contributed by atoms with E-state index in [0.29, 0.717) is 0 Å². The quantitative estimate of drug-likeness (QED) is 0.373. The molecule has 0 aromatic carbocycles. The molecule has 0 atom stereocenters. The minimum atomic E-state index is 0. The SMILES string of the molecule is N.N=O.N=O.[Mo]. The van der Waals surface area contributed by atoms with Crippen LogP contribution in [0.1, 0.15) is 0 Å². The Bertz CT molecular complexity index is 10.8. The zero-order chi connectivity index (χ0) is 4.00. The van der Waals surface area contributed by atoms with Crippen molar-refractivity contribution in [1.29, 1.82) is 11.2 Å². The van der Waals surface area contributed by atoms with E-state index in [9.17, 15) is 0 Å². The normalized spacial score (nSPS) is 1.33. The van der Waals surface area contributed by atoms with Gasteiger partial charge in [-0.2, -0.15) is 9.81 Å². The molecule has 0 aliphatic carbocycles. The van der Waals surface area contributed by atoms with Gasteiger partial charge in [-0.15, -0.1) is 0 Å². The maximum Gasteiger partial charge on any atom is 0 e. The van der Waals surface area contributed by atoms with Gasteiger partial charge in [0.05, 0.1) is 0 Å². The molecule has 0 heterocycles. The first kappa shape index (κ1) is 40.2. The molecule has 0 saturated carbocycles. The Hall–Kier alpha value is -0.152. The van der Waals surface area contributed by atoms with E-state index in [-0.39, 0.29) is 27.2 Å². The molecule has 0 amide bonds. The van der Waals surface area contributed by atoms with Gasteiger partial charge in [0.2, 0.25) is 0 Å². The second-order valence-corrected chi connectivity index (χ2v) is 0. The Kier molecular flexibility index (Phi) is 20900. The zero-order valence-electron chi connectivity index (χ0n) is 2.93. The van der Waals surface area contributed by atoms with Crippen LogP contribution in [0.15, 0.2) is 0 Å². The Morgan fingerprint density at radius 1 is 0.833 bits per heavy atom. The molecule has 0 aliphatic heterocycles. The van der Waals surface area contributed by atoms with Gasteiger partial charge in [-0.3, -0.25) is 0 Å². The fourth-order valence-electron chi connectivity index (χ4n) is 0. The summed E-state index contributed by atoms with van der Waals surface area (Å²) in [5, 5.41) is 0. The van der Waals surface area contributed by atoms with Crippen LogP contribution in [0.25, 0.3) is 0 Å². The van der Waals surface area contributed by atoms with Crippen molar-refractivity contribution in [2.45, 2.75) is 0 Å². The fourth-order valence-corrected chi connectivity index (χ4v) is 0. The smallest absolute Gasteiger partial charge is 0 e. The Balaban J connectivity index is -0.00000000500. The van der Waals surface area contributed by atoms with E-state index < -0.39 is 0 Å². The molecule has 0 aliphatic rings. The number of hydrogen-bond acceptors (Lipinski definition) is 5. The Morgan fingerprint density at radius 2 is 0.833 bits per heavy atom. The van der Waals surface area contributed by atoms with Crippen molar-refractivity contribution in [3.8, 4) is 0 Å². The minimum absolute atomic E-state index is 0. The van der Waals surface area contributed by atoms with Crippen molar-refractivity contribution in [3.63, 3.8) is 0 Å². The molecule has 38 valence electrons. The predicted octanol–water partition coefficient (Wildman–Crippen LogP) is 0.823. The van der Waals surface area contributed by atoms with E-state index >= 15 is 0 Å². The fraction of sp³-hybridized carbons (Fsp3) is 0. The van der Waals surface area contributed by atoms with E-state index in [4.69, 9.17) is 9.81 Å². The summed E-state index contributed by atoms with van der Waals surface area (Å²) in [4.78, 5) is 15.0. The largest absolute Gasteiger partial charge is 0.344 e. The monoisotopic (exact) mass is 177 g/mol. The van der Waals surface area contributed by atoms with Crippen LogP contribution in [-0.2, 0) is 21.1 Å². The van der Waals surface area contributed by atoms with Crippen LogP contribution in [0.5, 0.6) is 0 Å². The van der Waals surface area contributed by atoms with Gasteiger partial charge in [-0.25, -0.2) is 0 Å². The molecule has 0 aromatic heterocycles. The third-order valence-electron chi connectivity index (χ3n) is 0. The third-order valence-corrected chi connectivity index (χ3v) is 0. The van der Waals surface area contributed by atoms with Crippen LogP contribution < -0.4 is 6.15 Å². The molecular formula is H5MoN3O2. The van der Waals surface area contributed by atoms with Crippen molar-refractivity contribution in [1.82, 2.24) is 6.15 Å². The maximum absolute atomic E-state index is 7.50. The minimum Gasteiger partial charge on any atom is -0.344 e. The third kappa shape index (κ3) is 1360. The van der Waals surface area contributed by atoms with Gasteiger partial charge in [0.15, 0.2) is 0 Å². The van der Waals surface area contributed by atoms with Crippen molar-refractivity contribution in [2.75, 3.05) is 0 Å². The molecule has 0 spiro atoms. The van der Waals surface area contributed by atoms with Gasteiger partial charge in [-0.05, 0) is 0 Å². The van der Waals surface area contributed by atoms with Crippen molar-refractivity contribution in [2.24, 2.45) is 0 Å². The van der Waals surface area contributed by atoms with Gasteiger partial charge in [0, 0.05) is 21.1 Å². The Morgan fingerprint density at radius 3 is 0.833 bits per heavy atom. The van der Waals surface area contributed by atoms with Gasteiger partial charge < -0.3 is 6.15 Å². The van der Waals surface area contributed by atoms with Crippen LogP contribution >= 0.6 is 0 Å². The second kappa shape index (κ2) is 3120. The van der Waals surface area contributed by atoms with E-state index in [2.05, 4.69) is 11.2 Å². The maximum atomic E-state index is 7.50. The van der Waals surface area contributed by atoms with Crippen molar-refractivity contribution in [3.05, 3.63) is 9.81 Å². The average molecular weight is 175 g/mol. The molecule has 0 aromatic rings. The molecule has 0 rings (SSSR count). The molecule has 6 heteroatoms. The molecule has 6 heavy (non-hydrogen) atoms. The number of nitrogens with one attached hydrogen (secondary N) is 2. The van der Waals surface area contributed by atoms with Crippen LogP contribution in [0.4, 0.5) is 0 Å². The summed E-state index contributed by atoms with van der Waals surface area (Å²) in [7, 11) is 0. The molecule has 0 radical (unpaired) electrons. The molecule has 5 N–H and O–H groups in total. The van der Waals surface area contributed by atoms with Crippen LogP contribution in [-0.4, -0.2) is 0 Å². The van der Waals surface area contributed by atoms with Crippen LogP contribution in [0.2, 0.25) is 0 Å². The topological polar surface area (TPSA) is 117 Å². The summed E-state index contributed by atoms with van der Waals surface area (Å²) in [5.74, 6) is 0. The molecule has 0 fully saturated rings. The summed E-state index contributed by atoms with van der Waals surface area (Å²) in [6.07, 6.45) is 0. The van der Waals surface area contributed by atoms with Gasteiger partial charge in [-0.1, -0.05) is 11.2 Å². The van der Waals surface area contributed by atoms with Gasteiger partial charge >= 0.3 is 0 Å². The molecule has 5 nitrogen and oxygen atoms in total. The first-order valence-electron chi connectivity index (χ1n) is 0.408. The summed E-state index contributed by atoms with van der Waals surface area (Å²) in [5.41, 5.74) is 9.00. The summed E-state index contributed by atoms with van der Waals surface area (Å²) >= 11 is 0.